The van der Waals surface area contributed by atoms with E-state index in [1.807, 2.05) is 0 Å². The third kappa shape index (κ3) is 3.12. The van der Waals surface area contributed by atoms with Crippen LogP contribution >= 0.6 is 0 Å². The van der Waals surface area contributed by atoms with Gasteiger partial charge in [0.2, 0.25) is 12.0 Å². The Kier molecular flexibility index (Phi) is 3.55. The number of alkyl halides is 3. The van der Waals surface area contributed by atoms with E-state index >= 15 is 0 Å². The summed E-state index contributed by atoms with van der Waals surface area (Å²) in [6.07, 6.45) is -2.87. The van der Waals surface area contributed by atoms with Crippen LogP contribution in [-0.4, -0.2) is 16.1 Å². The Balaban J connectivity index is 2.33. The topological polar surface area (TPSA) is 61.0 Å². The number of rotatable bonds is 3. The average Bonchev–Trinajstić information content (AvgIpc) is 2.37. The summed E-state index contributed by atoms with van der Waals surface area (Å²) in [5.74, 6) is -0.248. The van der Waals surface area contributed by atoms with Gasteiger partial charge in [0, 0.05) is 24.2 Å². The molecule has 0 aliphatic heterocycles. The molecule has 0 saturated heterocycles. The van der Waals surface area contributed by atoms with E-state index in [-0.39, 0.29) is 17.1 Å². The van der Waals surface area contributed by atoms with Crippen LogP contribution < -0.4 is 10.5 Å². The molecule has 2 aromatic heterocycles. The summed E-state index contributed by atoms with van der Waals surface area (Å²) < 4.78 is 43.9. The molecule has 0 aliphatic carbocycles. The minimum atomic E-state index is -4.58. The highest BCUT2D eigenvalue weighted by Crippen LogP contribution is 2.37. The Hall–Kier alpha value is -2.31. The zero-order valence-electron chi connectivity index (χ0n) is 9.63. The fourth-order valence-corrected chi connectivity index (χ4v) is 1.48. The predicted molar refractivity (Wildman–Crippen MR) is 62.3 cm³/mol. The number of pyridine rings is 2. The summed E-state index contributed by atoms with van der Waals surface area (Å²) in [4.78, 5) is 7.37. The molecule has 100 valence electrons. The zero-order chi connectivity index (χ0) is 13.9. The first-order valence-electron chi connectivity index (χ1n) is 5.32. The van der Waals surface area contributed by atoms with E-state index in [1.54, 1.807) is 0 Å². The molecule has 0 spiro atoms. The van der Waals surface area contributed by atoms with Crippen molar-refractivity contribution in [1.29, 1.82) is 0 Å². The molecule has 1 unspecified atom stereocenters. The van der Waals surface area contributed by atoms with Crippen LogP contribution in [0.2, 0.25) is 0 Å². The first kappa shape index (κ1) is 13.1. The third-order valence-electron chi connectivity index (χ3n) is 2.34. The second-order valence-electron chi connectivity index (χ2n) is 3.72. The van der Waals surface area contributed by atoms with E-state index in [9.17, 15) is 13.2 Å². The minimum absolute atomic E-state index is 0.0470. The van der Waals surface area contributed by atoms with E-state index in [4.69, 9.17) is 10.5 Å². The summed E-state index contributed by atoms with van der Waals surface area (Å²) in [6.45, 7) is 0. The van der Waals surface area contributed by atoms with Gasteiger partial charge in [0.25, 0.3) is 0 Å². The summed E-state index contributed by atoms with van der Waals surface area (Å²) in [5.41, 5.74) is 5.51. The van der Waals surface area contributed by atoms with Crippen LogP contribution in [0.25, 0.3) is 0 Å². The maximum absolute atomic E-state index is 13.0. The van der Waals surface area contributed by atoms with Crippen molar-refractivity contribution < 1.29 is 17.9 Å². The maximum Gasteiger partial charge on any atom is 0.429 e. The molecule has 2 rings (SSSR count). The van der Waals surface area contributed by atoms with Crippen molar-refractivity contribution in [2.75, 3.05) is 5.73 Å². The Labute approximate surface area is 107 Å². The molecule has 1 atom stereocenters. The molecule has 0 bridgehead atoms. The number of nitrogens with two attached hydrogens (primary N) is 1. The van der Waals surface area contributed by atoms with E-state index in [1.165, 1.54) is 42.9 Å². The number of ether oxygens (including phenoxy) is 1. The highest BCUT2D eigenvalue weighted by Gasteiger charge is 2.43. The summed E-state index contributed by atoms with van der Waals surface area (Å²) in [7, 11) is 0. The van der Waals surface area contributed by atoms with Gasteiger partial charge in [-0.15, -0.1) is 0 Å². The molecule has 0 amide bonds. The second-order valence-corrected chi connectivity index (χ2v) is 3.72. The maximum atomic E-state index is 13.0. The van der Waals surface area contributed by atoms with Crippen molar-refractivity contribution in [3.8, 4) is 5.88 Å². The van der Waals surface area contributed by atoms with Gasteiger partial charge >= 0.3 is 6.18 Å². The van der Waals surface area contributed by atoms with E-state index in [0.717, 1.165) is 0 Å². The number of hydrogen-bond donors (Lipinski definition) is 1. The predicted octanol–water partition coefficient (Wildman–Crippen LogP) is 2.74. The Morgan fingerprint density at radius 3 is 2.37 bits per heavy atom. The summed E-state index contributed by atoms with van der Waals surface area (Å²) in [5, 5.41) is 0. The molecular weight excluding hydrogens is 259 g/mol. The Morgan fingerprint density at radius 2 is 1.79 bits per heavy atom. The van der Waals surface area contributed by atoms with Crippen LogP contribution in [0.15, 0.2) is 42.9 Å². The van der Waals surface area contributed by atoms with Crippen molar-refractivity contribution in [3.63, 3.8) is 0 Å². The molecule has 2 aromatic rings. The van der Waals surface area contributed by atoms with Crippen LogP contribution in [0.3, 0.4) is 0 Å². The number of nitrogen functional groups attached to an aromatic ring is 1. The largest absolute Gasteiger partial charge is 0.458 e. The van der Waals surface area contributed by atoms with Gasteiger partial charge < -0.3 is 10.5 Å². The first-order valence-corrected chi connectivity index (χ1v) is 5.32. The molecule has 0 fully saturated rings. The van der Waals surface area contributed by atoms with Gasteiger partial charge in [-0.1, -0.05) is 0 Å². The first-order chi connectivity index (χ1) is 8.98. The van der Waals surface area contributed by atoms with Gasteiger partial charge in [-0.25, -0.2) is 4.98 Å². The third-order valence-corrected chi connectivity index (χ3v) is 2.34. The molecule has 0 aromatic carbocycles. The lowest BCUT2D eigenvalue weighted by Crippen LogP contribution is -2.26. The average molecular weight is 269 g/mol. The molecule has 19 heavy (non-hydrogen) atoms. The van der Waals surface area contributed by atoms with Crippen molar-refractivity contribution in [2.45, 2.75) is 12.3 Å². The smallest absolute Gasteiger partial charge is 0.429 e. The molecule has 0 aliphatic rings. The van der Waals surface area contributed by atoms with Crippen LogP contribution in [0.4, 0.5) is 18.9 Å². The van der Waals surface area contributed by atoms with Crippen molar-refractivity contribution in [2.24, 2.45) is 0 Å². The molecule has 4 nitrogen and oxygen atoms in total. The van der Waals surface area contributed by atoms with E-state index in [2.05, 4.69) is 9.97 Å². The van der Waals surface area contributed by atoms with Crippen molar-refractivity contribution in [3.05, 3.63) is 48.4 Å². The molecule has 0 saturated carbocycles. The Bertz CT molecular complexity index is 545. The molecule has 0 radical (unpaired) electrons. The number of anilines is 1. The lowest BCUT2D eigenvalue weighted by molar-refractivity contribution is -0.198. The van der Waals surface area contributed by atoms with E-state index < -0.39 is 12.3 Å². The number of halogens is 3. The quantitative estimate of drug-likeness (QED) is 0.930. The number of hydrogen-bond acceptors (Lipinski definition) is 4. The van der Waals surface area contributed by atoms with Gasteiger partial charge in [0.1, 0.15) is 0 Å². The highest BCUT2D eigenvalue weighted by atomic mass is 19.4. The normalized spacial score (nSPS) is 13.0. The highest BCUT2D eigenvalue weighted by molar-refractivity contribution is 5.47. The zero-order valence-corrected chi connectivity index (χ0v) is 9.63. The van der Waals surface area contributed by atoms with Gasteiger partial charge in [0.05, 0.1) is 5.69 Å². The fraction of sp³-hybridized carbons (Fsp3) is 0.167. The second kappa shape index (κ2) is 5.13. The number of nitrogens with zero attached hydrogens (tertiary/aromatic N) is 2. The number of aromatic nitrogens is 2. The van der Waals surface area contributed by atoms with Crippen molar-refractivity contribution >= 4 is 5.69 Å². The lowest BCUT2D eigenvalue weighted by Gasteiger charge is -2.21. The van der Waals surface area contributed by atoms with Crippen LogP contribution in [-0.2, 0) is 0 Å². The van der Waals surface area contributed by atoms with Crippen LogP contribution in [0.1, 0.15) is 11.7 Å². The van der Waals surface area contributed by atoms with Gasteiger partial charge in [-0.2, -0.15) is 13.2 Å². The lowest BCUT2D eigenvalue weighted by atomic mass is 10.1. The van der Waals surface area contributed by atoms with E-state index in [0.29, 0.717) is 0 Å². The Morgan fingerprint density at radius 1 is 1.11 bits per heavy atom. The van der Waals surface area contributed by atoms with Gasteiger partial charge in [0.15, 0.2) is 0 Å². The SMILES string of the molecule is Nc1cccnc1OC(c1ccncc1)C(F)(F)F. The monoisotopic (exact) mass is 269 g/mol. The minimum Gasteiger partial charge on any atom is -0.458 e. The molecule has 7 heteroatoms. The molecule has 2 heterocycles. The van der Waals surface area contributed by atoms with Crippen LogP contribution in [0, 0.1) is 0 Å². The molecule has 2 N–H and O–H groups in total. The summed E-state index contributed by atoms with van der Waals surface area (Å²) >= 11 is 0. The summed E-state index contributed by atoms with van der Waals surface area (Å²) in [6, 6.07) is 5.40. The molecular formula is C12H10F3N3O. The standard InChI is InChI=1S/C12H10F3N3O/c13-12(14,15)10(8-3-6-17-7-4-8)19-11-9(16)2-1-5-18-11/h1-7,10H,16H2. The van der Waals surface area contributed by atoms with Crippen molar-refractivity contribution in [1.82, 2.24) is 9.97 Å². The van der Waals surface area contributed by atoms with Gasteiger partial charge in [-0.3, -0.25) is 4.98 Å². The van der Waals surface area contributed by atoms with Crippen LogP contribution in [0.5, 0.6) is 5.88 Å². The van der Waals surface area contributed by atoms with Gasteiger partial charge in [-0.05, 0) is 24.3 Å². The fourth-order valence-electron chi connectivity index (χ4n) is 1.48.